The quantitative estimate of drug-likeness (QED) is 0.660. The Labute approximate surface area is 152 Å². The third-order valence-corrected chi connectivity index (χ3v) is 5.47. The smallest absolute Gasteiger partial charge is 0.248 e. The third kappa shape index (κ3) is 3.37. The van der Waals surface area contributed by atoms with Crippen molar-refractivity contribution in [1.82, 2.24) is 20.1 Å². The zero-order valence-corrected chi connectivity index (χ0v) is 15.1. The van der Waals surface area contributed by atoms with Gasteiger partial charge in [0.1, 0.15) is 0 Å². The van der Waals surface area contributed by atoms with Gasteiger partial charge in [-0.25, -0.2) is 0 Å². The number of aromatic nitrogens is 3. The van der Waals surface area contributed by atoms with Crippen molar-refractivity contribution in [3.63, 3.8) is 0 Å². The van der Waals surface area contributed by atoms with E-state index in [2.05, 4.69) is 32.3 Å². The number of hydrogen-bond donors (Lipinski definition) is 3. The first-order chi connectivity index (χ1) is 12.6. The van der Waals surface area contributed by atoms with E-state index < -0.39 is 0 Å². The van der Waals surface area contributed by atoms with Gasteiger partial charge in [-0.3, -0.25) is 9.89 Å². The van der Waals surface area contributed by atoms with Crippen molar-refractivity contribution in [2.24, 2.45) is 5.73 Å². The number of nitrogens with zero attached hydrogens (tertiary/aromatic N) is 2. The van der Waals surface area contributed by atoms with Crippen LogP contribution in [0.3, 0.4) is 0 Å². The second kappa shape index (κ2) is 6.96. The minimum Gasteiger partial charge on any atom is -0.366 e. The molecule has 3 aromatic rings. The maximum Gasteiger partial charge on any atom is 0.248 e. The molecule has 1 aromatic carbocycles. The number of nitrogens with two attached hydrogens (primary N) is 1. The lowest BCUT2D eigenvalue weighted by Crippen LogP contribution is -2.34. The molecule has 1 amide bonds. The fourth-order valence-electron chi connectivity index (χ4n) is 3.98. The van der Waals surface area contributed by atoms with Crippen molar-refractivity contribution in [2.75, 3.05) is 19.6 Å². The van der Waals surface area contributed by atoms with Crippen molar-refractivity contribution in [3.05, 3.63) is 53.0 Å². The summed E-state index contributed by atoms with van der Waals surface area (Å²) < 4.78 is 0. The first-order valence-corrected chi connectivity index (χ1v) is 9.24. The summed E-state index contributed by atoms with van der Waals surface area (Å²) in [6.45, 7) is 5.27. The van der Waals surface area contributed by atoms with Crippen LogP contribution in [-0.2, 0) is 6.42 Å². The van der Waals surface area contributed by atoms with Gasteiger partial charge in [0.2, 0.25) is 5.91 Å². The van der Waals surface area contributed by atoms with Gasteiger partial charge in [-0.1, -0.05) is 0 Å². The summed E-state index contributed by atoms with van der Waals surface area (Å²) >= 11 is 0. The maximum absolute atomic E-state index is 11.5. The molecule has 6 heteroatoms. The van der Waals surface area contributed by atoms with E-state index in [1.165, 1.54) is 5.56 Å². The van der Waals surface area contributed by atoms with Crippen LogP contribution >= 0.6 is 0 Å². The molecule has 1 fully saturated rings. The molecule has 0 spiro atoms. The minimum absolute atomic E-state index is 0.373. The molecule has 4 rings (SSSR count). The minimum atomic E-state index is -0.373. The molecule has 0 atom stereocenters. The van der Waals surface area contributed by atoms with Gasteiger partial charge in [-0.15, -0.1) is 0 Å². The van der Waals surface area contributed by atoms with E-state index in [0.717, 1.165) is 61.2 Å². The van der Waals surface area contributed by atoms with Crippen molar-refractivity contribution in [2.45, 2.75) is 32.1 Å². The van der Waals surface area contributed by atoms with Gasteiger partial charge in [0.05, 0.1) is 5.69 Å². The fraction of sp³-hybridized carbons (Fsp3) is 0.400. The number of aryl methyl sites for hydroxylation is 1. The van der Waals surface area contributed by atoms with Crippen LogP contribution in [0.15, 0.2) is 30.5 Å². The van der Waals surface area contributed by atoms with E-state index in [9.17, 15) is 4.79 Å². The van der Waals surface area contributed by atoms with E-state index in [-0.39, 0.29) is 5.91 Å². The van der Waals surface area contributed by atoms with Crippen LogP contribution in [0.1, 0.15) is 46.1 Å². The topological polar surface area (TPSA) is 90.8 Å². The molecule has 1 saturated heterocycles. The van der Waals surface area contributed by atoms with Crippen LogP contribution in [0.2, 0.25) is 0 Å². The lowest BCUT2D eigenvalue weighted by atomic mass is 9.89. The van der Waals surface area contributed by atoms with Gasteiger partial charge in [-0.05, 0) is 68.6 Å². The molecular formula is C20H25N5O. The normalized spacial score (nSPS) is 16.3. The number of rotatable bonds is 5. The number of nitrogens with one attached hydrogen (secondary N) is 2. The van der Waals surface area contributed by atoms with Gasteiger partial charge < -0.3 is 15.6 Å². The molecule has 0 unspecified atom stereocenters. The highest BCUT2D eigenvalue weighted by Crippen LogP contribution is 2.33. The monoisotopic (exact) mass is 351 g/mol. The Morgan fingerprint density at radius 2 is 2.12 bits per heavy atom. The molecule has 6 nitrogen and oxygen atoms in total. The molecule has 3 heterocycles. The summed E-state index contributed by atoms with van der Waals surface area (Å²) in [6, 6.07) is 7.77. The molecule has 136 valence electrons. The van der Waals surface area contributed by atoms with Gasteiger partial charge in [0.15, 0.2) is 0 Å². The molecule has 0 radical (unpaired) electrons. The van der Waals surface area contributed by atoms with Crippen LogP contribution in [0, 0.1) is 6.92 Å². The van der Waals surface area contributed by atoms with E-state index in [1.807, 2.05) is 19.1 Å². The van der Waals surface area contributed by atoms with Gasteiger partial charge in [-0.2, -0.15) is 5.10 Å². The second-order valence-corrected chi connectivity index (χ2v) is 7.28. The number of aromatic amines is 2. The lowest BCUT2D eigenvalue weighted by molar-refractivity contribution is 0.100. The number of benzene rings is 1. The predicted molar refractivity (Wildman–Crippen MR) is 102 cm³/mol. The molecule has 4 N–H and O–H groups in total. The second-order valence-electron chi connectivity index (χ2n) is 7.28. The SMILES string of the molecule is Cc1cc(CCN2CCC(c3c[nH]c4ccc(C(N)=O)cc34)CC2)n[nH]1. The number of primary amides is 1. The molecule has 0 bridgehead atoms. The van der Waals surface area contributed by atoms with Crippen molar-refractivity contribution < 1.29 is 4.79 Å². The summed E-state index contributed by atoms with van der Waals surface area (Å²) in [6.07, 6.45) is 5.35. The van der Waals surface area contributed by atoms with Crippen LogP contribution in [0.25, 0.3) is 10.9 Å². The number of amides is 1. The van der Waals surface area contributed by atoms with Gasteiger partial charge in [0, 0.05) is 41.3 Å². The van der Waals surface area contributed by atoms with Crippen LogP contribution in [-0.4, -0.2) is 45.6 Å². The Hall–Kier alpha value is -2.60. The average molecular weight is 351 g/mol. The average Bonchev–Trinajstić information content (AvgIpc) is 3.26. The first-order valence-electron chi connectivity index (χ1n) is 9.24. The summed E-state index contributed by atoms with van der Waals surface area (Å²) in [5, 5.41) is 8.46. The Morgan fingerprint density at radius 3 is 2.81 bits per heavy atom. The highest BCUT2D eigenvalue weighted by Gasteiger charge is 2.23. The van der Waals surface area contributed by atoms with Gasteiger partial charge >= 0.3 is 0 Å². The molecule has 0 saturated carbocycles. The summed E-state index contributed by atoms with van der Waals surface area (Å²) in [4.78, 5) is 17.3. The van der Waals surface area contributed by atoms with E-state index in [1.54, 1.807) is 6.07 Å². The first kappa shape index (κ1) is 16.8. The third-order valence-electron chi connectivity index (χ3n) is 5.47. The van der Waals surface area contributed by atoms with Crippen molar-refractivity contribution in [1.29, 1.82) is 0 Å². The maximum atomic E-state index is 11.5. The molecule has 26 heavy (non-hydrogen) atoms. The highest BCUT2D eigenvalue weighted by molar-refractivity contribution is 5.97. The van der Waals surface area contributed by atoms with Gasteiger partial charge in [0.25, 0.3) is 0 Å². The van der Waals surface area contributed by atoms with Crippen molar-refractivity contribution >= 4 is 16.8 Å². The Kier molecular flexibility index (Phi) is 4.51. The zero-order chi connectivity index (χ0) is 18.1. The fourth-order valence-corrected chi connectivity index (χ4v) is 3.98. The number of piperidine rings is 1. The number of fused-ring (bicyclic) bond motifs is 1. The lowest BCUT2D eigenvalue weighted by Gasteiger charge is -2.31. The summed E-state index contributed by atoms with van der Waals surface area (Å²) in [5.74, 6) is 0.151. The number of hydrogen-bond acceptors (Lipinski definition) is 3. The predicted octanol–water partition coefficient (Wildman–Crippen LogP) is 2.72. The Bertz CT molecular complexity index is 917. The van der Waals surface area contributed by atoms with Crippen molar-refractivity contribution in [3.8, 4) is 0 Å². The summed E-state index contributed by atoms with van der Waals surface area (Å²) in [5.41, 5.74) is 10.7. The van der Waals surface area contributed by atoms with E-state index in [0.29, 0.717) is 11.5 Å². The van der Waals surface area contributed by atoms with Crippen LogP contribution in [0.5, 0.6) is 0 Å². The number of likely N-dealkylation sites (tertiary alicyclic amines) is 1. The Morgan fingerprint density at radius 1 is 1.31 bits per heavy atom. The van der Waals surface area contributed by atoms with E-state index >= 15 is 0 Å². The standard InChI is InChI=1S/C20H25N5O/c1-13-10-16(24-23-13)6-9-25-7-4-14(5-8-25)18-12-22-19-3-2-15(20(21)26)11-17(18)19/h2-3,10-12,14,22H,4-9H2,1H3,(H2,21,26)(H,23,24). The molecular weight excluding hydrogens is 326 g/mol. The number of carbonyl (C=O) groups is 1. The zero-order valence-electron chi connectivity index (χ0n) is 15.1. The van der Waals surface area contributed by atoms with E-state index in [4.69, 9.17) is 5.73 Å². The Balaban J connectivity index is 1.40. The van der Waals surface area contributed by atoms with Crippen LogP contribution < -0.4 is 5.73 Å². The number of H-pyrrole nitrogens is 2. The molecule has 2 aromatic heterocycles. The molecule has 1 aliphatic rings. The molecule has 0 aliphatic carbocycles. The highest BCUT2D eigenvalue weighted by atomic mass is 16.1. The van der Waals surface area contributed by atoms with Crippen LogP contribution in [0.4, 0.5) is 0 Å². The molecule has 1 aliphatic heterocycles. The summed E-state index contributed by atoms with van der Waals surface area (Å²) in [7, 11) is 0. The number of carbonyl (C=O) groups excluding carboxylic acids is 1. The largest absolute Gasteiger partial charge is 0.366 e.